The average Bonchev–Trinajstić information content (AvgIpc) is 3.73. The number of hydrogen-bond donors (Lipinski definition) is 2. The number of esters is 1. The number of ether oxygens (including phenoxy) is 2. The van der Waals surface area contributed by atoms with E-state index in [1.54, 1.807) is 15.9 Å². The van der Waals surface area contributed by atoms with Crippen molar-refractivity contribution in [1.29, 1.82) is 0 Å². The molecule has 4 aliphatic rings. The predicted molar refractivity (Wildman–Crippen MR) is 197 cm³/mol. The van der Waals surface area contributed by atoms with Crippen LogP contribution >= 0.6 is 15.9 Å². The van der Waals surface area contributed by atoms with Gasteiger partial charge < -0.3 is 34.6 Å². The first-order chi connectivity index (χ1) is 24.7. The van der Waals surface area contributed by atoms with Crippen molar-refractivity contribution in [2.75, 3.05) is 49.1 Å². The van der Waals surface area contributed by atoms with E-state index in [0.717, 1.165) is 18.8 Å². The Bertz CT molecular complexity index is 1650. The minimum Gasteiger partial charge on any atom is -0.455 e. The Kier molecular flexibility index (Phi) is 11.6. The van der Waals surface area contributed by atoms with Crippen LogP contribution in [0.15, 0.2) is 77.3 Å². The maximum Gasteiger partial charge on any atom is 0.313 e. The number of halogens is 1. The highest BCUT2D eigenvalue weighted by molar-refractivity contribution is 9.11. The van der Waals surface area contributed by atoms with Crippen LogP contribution in [0.5, 0.6) is 0 Å². The van der Waals surface area contributed by atoms with Gasteiger partial charge in [0, 0.05) is 55.1 Å². The van der Waals surface area contributed by atoms with E-state index in [-0.39, 0.29) is 50.4 Å². The molecule has 0 unspecified atom stereocenters. The van der Waals surface area contributed by atoms with Crippen LogP contribution in [-0.2, 0) is 28.7 Å². The number of cyclic esters (lactones) is 1. The first-order valence-corrected chi connectivity index (χ1v) is 18.8. The number of anilines is 2. The number of aliphatic hydroxyl groups is 1. The van der Waals surface area contributed by atoms with E-state index >= 15 is 4.79 Å². The van der Waals surface area contributed by atoms with Gasteiger partial charge in [0.15, 0.2) is 0 Å². The lowest BCUT2D eigenvalue weighted by Crippen LogP contribution is -2.56. The third-order valence-corrected chi connectivity index (χ3v) is 11.1. The van der Waals surface area contributed by atoms with Crippen molar-refractivity contribution >= 4 is 51.0 Å². The molecule has 51 heavy (non-hydrogen) atoms. The lowest BCUT2D eigenvalue weighted by Gasteiger charge is -2.36. The summed E-state index contributed by atoms with van der Waals surface area (Å²) in [6.45, 7) is 6.41. The number of nitrogens with one attached hydrogen (secondary N) is 1. The number of aliphatic hydroxyl groups excluding tert-OH is 1. The Morgan fingerprint density at radius 2 is 1.71 bits per heavy atom. The number of allylic oxidation sites excluding steroid dienone is 1. The Labute approximate surface area is 307 Å². The fraction of sp³-hybridized carbons (Fsp3) is 0.487. The maximum atomic E-state index is 15.1. The fourth-order valence-corrected chi connectivity index (χ4v) is 8.64. The molecular formula is C39H47BrN4O7. The van der Waals surface area contributed by atoms with Crippen LogP contribution in [0.4, 0.5) is 11.4 Å². The number of unbranched alkanes of at least 4 members (excludes halogenated alkanes) is 2. The second-order valence-corrected chi connectivity index (χ2v) is 14.3. The molecule has 2 fully saturated rings. The number of amides is 3. The van der Waals surface area contributed by atoms with Crippen LogP contribution in [-0.4, -0.2) is 90.8 Å². The predicted octanol–water partition coefficient (Wildman–Crippen LogP) is 4.65. The highest BCUT2D eigenvalue weighted by atomic mass is 79.9. The van der Waals surface area contributed by atoms with Gasteiger partial charge in [0.2, 0.25) is 11.8 Å². The summed E-state index contributed by atoms with van der Waals surface area (Å²) in [6, 6.07) is 15.9. The summed E-state index contributed by atoms with van der Waals surface area (Å²) in [5, 5.41) is 12.3. The standard InChI is InChI=1S/C39H47BrN4O7/c1-3-42(4-2)27-17-19-28(20-18-27)43-21-11-6-10-16-31(46)41-25-30(26-14-8-5-9-15-26)50-38(49)32-33-36(47)44(22-12-7-13-23-45)35(37(43)48)39(33)24-29(40)34(32)51-39/h5-6,8-9,11,14-15,17-20,24,30,32-35,45H,3-4,7,10,12-13,16,21-23,25H2,1-2H3,(H,41,46)/b11-6-/t30-,32-,33+,34-,35-,39+/m1/s1. The van der Waals surface area contributed by atoms with Crippen LogP contribution in [0.1, 0.15) is 57.6 Å². The molecule has 0 saturated carbocycles. The summed E-state index contributed by atoms with van der Waals surface area (Å²) < 4.78 is 13.4. The third kappa shape index (κ3) is 7.23. The molecule has 3 amide bonds. The number of likely N-dealkylation sites (tertiary alicyclic amines) is 1. The average molecular weight is 764 g/mol. The molecule has 4 heterocycles. The van der Waals surface area contributed by atoms with Crippen molar-refractivity contribution in [3.05, 3.63) is 82.9 Å². The van der Waals surface area contributed by atoms with Crippen LogP contribution in [0, 0.1) is 11.8 Å². The molecule has 4 aliphatic heterocycles. The van der Waals surface area contributed by atoms with Crippen molar-refractivity contribution in [3.63, 3.8) is 0 Å². The number of hydrogen-bond acceptors (Lipinski definition) is 8. The molecule has 272 valence electrons. The van der Waals surface area contributed by atoms with Gasteiger partial charge in [0.05, 0.1) is 12.5 Å². The molecule has 5 bridgehead atoms. The van der Waals surface area contributed by atoms with E-state index in [9.17, 15) is 19.5 Å². The third-order valence-electron chi connectivity index (χ3n) is 10.5. The second kappa shape index (κ2) is 16.1. The minimum absolute atomic E-state index is 0.0316. The first-order valence-electron chi connectivity index (χ1n) is 18.0. The number of carbonyl (C=O) groups is 4. The summed E-state index contributed by atoms with van der Waals surface area (Å²) in [7, 11) is 0. The zero-order chi connectivity index (χ0) is 36.1. The van der Waals surface area contributed by atoms with Crippen molar-refractivity contribution in [2.45, 2.75) is 69.8 Å². The first kappa shape index (κ1) is 36.8. The van der Waals surface area contributed by atoms with Gasteiger partial charge in [-0.15, -0.1) is 0 Å². The molecule has 1 spiro atoms. The van der Waals surface area contributed by atoms with Gasteiger partial charge in [-0.2, -0.15) is 0 Å². The van der Waals surface area contributed by atoms with Gasteiger partial charge >= 0.3 is 5.97 Å². The van der Waals surface area contributed by atoms with Gasteiger partial charge in [-0.3, -0.25) is 19.2 Å². The molecule has 2 N–H and O–H groups in total. The van der Waals surface area contributed by atoms with Gasteiger partial charge in [0.1, 0.15) is 29.8 Å². The molecule has 6 rings (SSSR count). The van der Waals surface area contributed by atoms with E-state index in [4.69, 9.17) is 9.47 Å². The summed E-state index contributed by atoms with van der Waals surface area (Å²) in [5.41, 5.74) is 0.979. The van der Waals surface area contributed by atoms with Gasteiger partial charge in [-0.1, -0.05) is 58.4 Å². The number of carbonyl (C=O) groups excluding carboxylic acids is 4. The van der Waals surface area contributed by atoms with Gasteiger partial charge in [-0.25, -0.2) is 0 Å². The number of rotatable bonds is 10. The number of nitrogens with zero attached hydrogens (tertiary/aromatic N) is 3. The van der Waals surface area contributed by atoms with Crippen molar-refractivity contribution < 1.29 is 33.8 Å². The highest BCUT2D eigenvalue weighted by Gasteiger charge is 2.75. The SMILES string of the molecule is CCN(CC)c1ccc(N2C/C=C\CCC(=O)NC[C@H](c3ccccc3)OC(=O)[C@H]3[C@@H]4O[C@@]5(C=C4Br)[C@@H]3C(=O)N(CCCCCO)[C@@H]5C2=O)cc1. The van der Waals surface area contributed by atoms with Crippen LogP contribution in [0.3, 0.4) is 0 Å². The van der Waals surface area contributed by atoms with Crippen molar-refractivity contribution in [2.24, 2.45) is 11.8 Å². The molecule has 2 saturated heterocycles. The fourth-order valence-electron chi connectivity index (χ4n) is 7.90. The van der Waals surface area contributed by atoms with E-state index in [1.807, 2.05) is 66.7 Å². The van der Waals surface area contributed by atoms with E-state index < -0.39 is 41.7 Å². The van der Waals surface area contributed by atoms with Gasteiger partial charge in [0.25, 0.3) is 5.91 Å². The van der Waals surface area contributed by atoms with Gasteiger partial charge in [-0.05, 0) is 75.4 Å². The quantitative estimate of drug-likeness (QED) is 0.204. The lowest BCUT2D eigenvalue weighted by molar-refractivity contribution is -0.159. The molecule has 2 aromatic carbocycles. The topological polar surface area (TPSA) is 129 Å². The molecular weight excluding hydrogens is 716 g/mol. The largest absolute Gasteiger partial charge is 0.455 e. The molecule has 0 aromatic heterocycles. The van der Waals surface area contributed by atoms with Crippen molar-refractivity contribution in [1.82, 2.24) is 10.2 Å². The van der Waals surface area contributed by atoms with Crippen LogP contribution < -0.4 is 15.1 Å². The maximum absolute atomic E-state index is 15.1. The summed E-state index contributed by atoms with van der Waals surface area (Å²) in [4.78, 5) is 62.4. The smallest absolute Gasteiger partial charge is 0.313 e. The lowest BCUT2D eigenvalue weighted by atomic mass is 9.74. The number of fused-ring (bicyclic) bond motifs is 2. The summed E-state index contributed by atoms with van der Waals surface area (Å²) >= 11 is 3.63. The number of benzene rings is 2. The van der Waals surface area contributed by atoms with E-state index in [1.165, 1.54) is 0 Å². The zero-order valence-corrected chi connectivity index (χ0v) is 30.8. The second-order valence-electron chi connectivity index (χ2n) is 13.4. The Hall–Kier alpha value is -4.00. The summed E-state index contributed by atoms with van der Waals surface area (Å²) in [6.07, 6.45) is 6.41. The van der Waals surface area contributed by atoms with Crippen LogP contribution in [0.25, 0.3) is 0 Å². The highest BCUT2D eigenvalue weighted by Crippen LogP contribution is 2.59. The van der Waals surface area contributed by atoms with E-state index in [2.05, 4.69) is 40.0 Å². The molecule has 12 heteroatoms. The monoisotopic (exact) mass is 762 g/mol. The molecule has 6 atom stereocenters. The minimum atomic E-state index is -1.41. The Balaban J connectivity index is 1.42. The Morgan fingerprint density at radius 3 is 2.41 bits per heavy atom. The van der Waals surface area contributed by atoms with E-state index in [0.29, 0.717) is 41.4 Å². The van der Waals surface area contributed by atoms with Crippen LogP contribution in [0.2, 0.25) is 0 Å². The van der Waals surface area contributed by atoms with Crippen molar-refractivity contribution in [3.8, 4) is 0 Å². The molecule has 11 nitrogen and oxygen atoms in total. The zero-order valence-electron chi connectivity index (χ0n) is 29.2. The molecule has 0 aliphatic carbocycles. The summed E-state index contributed by atoms with van der Waals surface area (Å²) in [5.74, 6) is -3.50. The molecule has 2 aromatic rings. The normalized spacial score (nSPS) is 28.7. The Morgan fingerprint density at radius 1 is 0.961 bits per heavy atom. The molecule has 0 radical (unpaired) electrons.